The summed E-state index contributed by atoms with van der Waals surface area (Å²) in [7, 11) is 1.17. The van der Waals surface area contributed by atoms with Gasteiger partial charge in [0.25, 0.3) is 0 Å². The average molecular weight is 822 g/mol. The second-order valence-corrected chi connectivity index (χ2v) is 17.5. The number of halogens is 1. The molecule has 1 aromatic heterocycles. The SMILES string of the molecule is CC(C)(C)OC(=O)N=C(NC(=O)OC(C)(C)C)N1CC=C(c2ccc(NC(=O)c3ccc(C4=CCN(C(=BOC#N)NC(=O)OC(C)(C)C)CC4)s3)cc2Cl)CC1. The van der Waals surface area contributed by atoms with Crippen LogP contribution < -0.4 is 16.0 Å². The molecule has 2 aliphatic rings. The number of aliphatic imine (C=N–C) groups is 1. The van der Waals surface area contributed by atoms with Gasteiger partial charge in [0.1, 0.15) is 11.2 Å². The van der Waals surface area contributed by atoms with Crippen molar-refractivity contribution in [1.82, 2.24) is 20.4 Å². The van der Waals surface area contributed by atoms with Gasteiger partial charge < -0.3 is 14.4 Å². The van der Waals surface area contributed by atoms with Gasteiger partial charge in [-0.1, -0.05) is 23.7 Å². The molecule has 4 rings (SSSR count). The van der Waals surface area contributed by atoms with E-state index in [1.54, 1.807) is 91.7 Å². The number of hydrogen-bond acceptors (Lipinski definition) is 11. The molecule has 18 heteroatoms. The van der Waals surface area contributed by atoms with Crippen LogP contribution in [0.3, 0.4) is 0 Å². The summed E-state index contributed by atoms with van der Waals surface area (Å²) in [6.45, 7) is 17.3. The third-order valence-electron chi connectivity index (χ3n) is 7.83. The average Bonchev–Trinajstić information content (AvgIpc) is 3.59. The number of carbonyl (C=O) groups is 4. The molecule has 0 radical (unpaired) electrons. The number of rotatable bonds is 7. The van der Waals surface area contributed by atoms with Gasteiger partial charge in [0, 0.05) is 13.1 Å². The molecular weight excluding hydrogens is 773 g/mol. The molecule has 0 saturated carbocycles. The van der Waals surface area contributed by atoms with E-state index >= 15 is 0 Å². The maximum absolute atomic E-state index is 13.3. The molecule has 2 aromatic rings. The van der Waals surface area contributed by atoms with Crippen molar-refractivity contribution in [2.75, 3.05) is 31.5 Å². The van der Waals surface area contributed by atoms with E-state index in [4.69, 9.17) is 35.7 Å². The summed E-state index contributed by atoms with van der Waals surface area (Å²) in [5.41, 5.74) is 1.38. The van der Waals surface area contributed by atoms with Crippen LogP contribution in [0.5, 0.6) is 0 Å². The molecular formula is C39H49BClN7O8S. The summed E-state index contributed by atoms with van der Waals surface area (Å²) < 4.78 is 20.9. The Bertz CT molecular complexity index is 2020. The summed E-state index contributed by atoms with van der Waals surface area (Å²) in [6, 6.07) is 8.99. The molecule has 4 amide bonds. The first-order valence-corrected chi connectivity index (χ1v) is 19.4. The third kappa shape index (κ3) is 14.3. The number of nitrogens with one attached hydrogen (secondary N) is 3. The summed E-state index contributed by atoms with van der Waals surface area (Å²) in [5, 5.41) is 17.5. The maximum atomic E-state index is 13.3. The van der Waals surface area contributed by atoms with Crippen molar-refractivity contribution in [2.45, 2.75) is 92.0 Å². The van der Waals surface area contributed by atoms with Crippen LogP contribution in [0, 0.1) is 11.5 Å². The molecule has 3 heterocycles. The van der Waals surface area contributed by atoms with Crippen LogP contribution in [-0.2, 0) is 18.9 Å². The van der Waals surface area contributed by atoms with Gasteiger partial charge in [0.15, 0.2) is 0 Å². The van der Waals surface area contributed by atoms with Crippen LogP contribution in [0.4, 0.5) is 20.1 Å². The molecule has 304 valence electrons. The second-order valence-electron chi connectivity index (χ2n) is 16.0. The number of anilines is 1. The summed E-state index contributed by atoms with van der Waals surface area (Å²) >= 11 is 8.11. The van der Waals surface area contributed by atoms with Crippen molar-refractivity contribution in [1.29, 1.82) is 5.26 Å². The molecule has 3 N–H and O–H groups in total. The number of benzene rings is 1. The van der Waals surface area contributed by atoms with Crippen LogP contribution in [-0.4, -0.2) is 95.8 Å². The fourth-order valence-corrected chi connectivity index (χ4v) is 6.78. The number of nitriles is 1. The topological polar surface area (TPSA) is 184 Å². The zero-order valence-corrected chi connectivity index (χ0v) is 35.3. The molecule has 57 heavy (non-hydrogen) atoms. The van der Waals surface area contributed by atoms with Gasteiger partial charge in [-0.2, -0.15) is 0 Å². The normalized spacial score (nSPS) is 15.2. The van der Waals surface area contributed by atoms with Gasteiger partial charge in [-0.3, -0.25) is 5.32 Å². The fraction of sp³-hybridized carbons (Fsp3) is 0.462. The van der Waals surface area contributed by atoms with Gasteiger partial charge >= 0.3 is 192 Å². The Hall–Kier alpha value is -5.34. The molecule has 0 fully saturated rings. The van der Waals surface area contributed by atoms with Crippen LogP contribution in [0.1, 0.15) is 95.3 Å². The van der Waals surface area contributed by atoms with Gasteiger partial charge in [-0.05, 0) is 59.1 Å². The number of guanidine groups is 1. The van der Waals surface area contributed by atoms with E-state index in [2.05, 4.69) is 20.9 Å². The number of hydrogen-bond donors (Lipinski definition) is 3. The summed E-state index contributed by atoms with van der Waals surface area (Å²) in [5.74, 6) is -0.271. The number of nitrogens with zero attached hydrogens (tertiary/aromatic N) is 4. The number of ether oxygens (including phenoxy) is 3. The first-order valence-electron chi connectivity index (χ1n) is 18.2. The smallest absolute Gasteiger partial charge is 0.0836 e. The molecule has 0 bridgehead atoms. The van der Waals surface area contributed by atoms with Gasteiger partial charge in [0.05, 0.1) is 5.02 Å². The van der Waals surface area contributed by atoms with Crippen molar-refractivity contribution < 1.29 is 38.0 Å². The molecule has 2 aliphatic heterocycles. The minimum atomic E-state index is -0.845. The van der Waals surface area contributed by atoms with E-state index in [0.717, 1.165) is 21.6 Å². The molecule has 0 aliphatic carbocycles. The van der Waals surface area contributed by atoms with Gasteiger partial charge in [-0.25, -0.2) is 9.59 Å². The summed E-state index contributed by atoms with van der Waals surface area (Å²) in [6.07, 6.45) is 4.39. The molecule has 0 saturated heterocycles. The van der Waals surface area contributed by atoms with Crippen molar-refractivity contribution in [3.8, 4) is 6.26 Å². The predicted molar refractivity (Wildman–Crippen MR) is 222 cm³/mol. The van der Waals surface area contributed by atoms with Crippen molar-refractivity contribution in [3.05, 3.63) is 62.8 Å². The Labute approximate surface area is 342 Å². The number of carbonyl (C=O) groups excluding carboxylic acids is 4. The van der Waals surface area contributed by atoms with E-state index < -0.39 is 35.1 Å². The van der Waals surface area contributed by atoms with E-state index in [1.807, 2.05) is 29.2 Å². The Kier molecular flexibility index (Phi) is 14.6. The second kappa shape index (κ2) is 18.7. The number of amides is 4. The molecule has 0 unspecified atom stereocenters. The molecule has 1 aromatic carbocycles. The standard InChI is InChI=1S/C39H49BClN7O8S/c1-37(2,3)54-34(50)44-32(40-53-23-42)47-18-16-25(17-19-47)29-12-13-30(57-29)31(49)43-26-10-11-27(28(41)22-26)24-14-20-48(21-15-24)33(45-35(51)55-38(4,5)6)46-36(52)56-39(7,8)9/h10-14,16,22H,15,17-21H2,1-9H3,(H,43,49)(H,44,50)(H,45,46,51,52). The number of thiophene rings is 1. The van der Waals surface area contributed by atoms with Crippen molar-refractivity contribution >= 4 is 82.8 Å². The zero-order chi connectivity index (χ0) is 42.1. The van der Waals surface area contributed by atoms with E-state index in [-0.39, 0.29) is 11.9 Å². The molecule has 0 spiro atoms. The Morgan fingerprint density at radius 2 is 1.42 bits per heavy atom. The van der Waals surface area contributed by atoms with E-state index in [0.29, 0.717) is 60.3 Å². The zero-order valence-electron chi connectivity index (χ0n) is 33.7. The monoisotopic (exact) mass is 821 g/mol. The predicted octanol–water partition coefficient (Wildman–Crippen LogP) is 7.38. The first kappa shape index (κ1) is 44.4. The Morgan fingerprint density at radius 1 is 0.825 bits per heavy atom. The molecule has 15 nitrogen and oxygen atoms in total. The van der Waals surface area contributed by atoms with Crippen LogP contribution in [0.15, 0.2) is 47.5 Å². The Balaban J connectivity index is 1.39. The van der Waals surface area contributed by atoms with E-state index in [1.165, 1.54) is 18.5 Å². The summed E-state index contributed by atoms with van der Waals surface area (Å²) in [4.78, 5) is 59.9. The third-order valence-corrected chi connectivity index (χ3v) is 9.31. The minimum absolute atomic E-state index is 0.0115. The van der Waals surface area contributed by atoms with Gasteiger partial charge in [0.2, 0.25) is 5.96 Å². The quantitative estimate of drug-likeness (QED) is 0.0833. The van der Waals surface area contributed by atoms with Crippen LogP contribution >= 0.6 is 22.9 Å². The van der Waals surface area contributed by atoms with Crippen LogP contribution in [0.25, 0.3) is 11.1 Å². The van der Waals surface area contributed by atoms with Gasteiger partial charge in [-0.15, -0.1) is 4.99 Å². The fourth-order valence-electron chi connectivity index (χ4n) is 5.51. The minimum Gasteiger partial charge on any atom is -0.0836 e. The first-order chi connectivity index (χ1) is 26.6. The van der Waals surface area contributed by atoms with Crippen LogP contribution in [0.2, 0.25) is 5.02 Å². The molecule has 0 atom stereocenters. The van der Waals surface area contributed by atoms with E-state index in [9.17, 15) is 19.2 Å². The van der Waals surface area contributed by atoms with Crippen molar-refractivity contribution in [2.24, 2.45) is 4.99 Å². The Morgan fingerprint density at radius 3 is 1.98 bits per heavy atom. The number of alkyl carbamates (subject to hydrolysis) is 2. The van der Waals surface area contributed by atoms with Crippen molar-refractivity contribution in [3.63, 3.8) is 0 Å².